The van der Waals surface area contributed by atoms with Crippen molar-refractivity contribution >= 4 is 28.6 Å². The number of methoxy groups -OCH3 is 1. The van der Waals surface area contributed by atoms with E-state index in [4.69, 9.17) is 11.6 Å². The lowest BCUT2D eigenvalue weighted by Crippen LogP contribution is -2.04. The number of aromatic nitrogens is 3. The summed E-state index contributed by atoms with van der Waals surface area (Å²) < 4.78 is 6.40. The summed E-state index contributed by atoms with van der Waals surface area (Å²) in [5, 5.41) is 5.20. The summed E-state index contributed by atoms with van der Waals surface area (Å²) in [5.74, 6) is -0.493. The fraction of sp³-hybridized carbons (Fsp3) is 0.364. The third kappa shape index (κ3) is 1.98. The number of aryl methyl sites for hydroxylation is 1. The van der Waals surface area contributed by atoms with Gasteiger partial charge in [-0.05, 0) is 6.42 Å². The Kier molecular flexibility index (Phi) is 3.28. The van der Waals surface area contributed by atoms with Gasteiger partial charge in [0, 0.05) is 12.7 Å². The second kappa shape index (κ2) is 4.71. The van der Waals surface area contributed by atoms with Crippen LogP contribution in [0.15, 0.2) is 12.4 Å². The van der Waals surface area contributed by atoms with Crippen LogP contribution in [-0.2, 0) is 11.3 Å². The van der Waals surface area contributed by atoms with Crippen LogP contribution in [0, 0.1) is 0 Å². The zero-order valence-corrected chi connectivity index (χ0v) is 10.4. The summed E-state index contributed by atoms with van der Waals surface area (Å²) in [6.45, 7) is 2.82. The Hall–Kier alpha value is -1.62. The third-order valence-corrected chi connectivity index (χ3v) is 2.85. The van der Waals surface area contributed by atoms with Crippen molar-refractivity contribution in [2.24, 2.45) is 0 Å². The molecular weight excluding hydrogens is 242 g/mol. The molecule has 0 amide bonds. The lowest BCUT2D eigenvalue weighted by molar-refractivity contribution is 0.0600. The number of ether oxygens (including phenoxy) is 1. The van der Waals surface area contributed by atoms with E-state index in [1.165, 1.54) is 13.3 Å². The minimum absolute atomic E-state index is 0.262. The highest BCUT2D eigenvalue weighted by Gasteiger charge is 2.16. The first kappa shape index (κ1) is 11.9. The van der Waals surface area contributed by atoms with Gasteiger partial charge in [0.05, 0.1) is 29.3 Å². The van der Waals surface area contributed by atoms with E-state index in [1.54, 1.807) is 10.9 Å². The standard InChI is InChI=1S/C11H12ClN3O2/c1-3-4-15-10-7(6-14-15)9(12)8(5-13-10)11(16)17-2/h5-6H,3-4H2,1-2H3. The number of nitrogens with zero attached hydrogens (tertiary/aromatic N) is 3. The molecule has 0 saturated heterocycles. The van der Waals surface area contributed by atoms with Gasteiger partial charge in [-0.3, -0.25) is 0 Å². The maximum absolute atomic E-state index is 11.4. The van der Waals surface area contributed by atoms with Gasteiger partial charge in [0.25, 0.3) is 0 Å². The summed E-state index contributed by atoms with van der Waals surface area (Å²) >= 11 is 6.13. The van der Waals surface area contributed by atoms with Crippen molar-refractivity contribution in [2.75, 3.05) is 7.11 Å². The first-order valence-corrected chi connectivity index (χ1v) is 5.65. The van der Waals surface area contributed by atoms with Crippen LogP contribution in [0.1, 0.15) is 23.7 Å². The van der Waals surface area contributed by atoms with Crippen LogP contribution in [0.5, 0.6) is 0 Å². The average molecular weight is 254 g/mol. The molecule has 0 aliphatic heterocycles. The molecule has 0 aromatic carbocycles. The molecule has 90 valence electrons. The number of carbonyl (C=O) groups excluding carboxylic acids is 1. The molecule has 0 atom stereocenters. The van der Waals surface area contributed by atoms with Crippen LogP contribution in [0.2, 0.25) is 5.02 Å². The summed E-state index contributed by atoms with van der Waals surface area (Å²) in [7, 11) is 1.31. The Morgan fingerprint density at radius 1 is 1.53 bits per heavy atom. The topological polar surface area (TPSA) is 57.0 Å². The Balaban J connectivity index is 2.57. The molecule has 5 nitrogen and oxygen atoms in total. The molecule has 2 heterocycles. The van der Waals surface area contributed by atoms with Crippen LogP contribution >= 0.6 is 11.6 Å². The van der Waals surface area contributed by atoms with Crippen molar-refractivity contribution in [1.29, 1.82) is 0 Å². The summed E-state index contributed by atoms with van der Waals surface area (Å²) in [6, 6.07) is 0. The third-order valence-electron chi connectivity index (χ3n) is 2.44. The van der Waals surface area contributed by atoms with Gasteiger partial charge in [0.2, 0.25) is 0 Å². The maximum Gasteiger partial charge on any atom is 0.340 e. The second-order valence-corrected chi connectivity index (χ2v) is 3.96. The van der Waals surface area contributed by atoms with Crippen LogP contribution in [0.3, 0.4) is 0 Å². The Morgan fingerprint density at radius 2 is 2.29 bits per heavy atom. The van der Waals surface area contributed by atoms with Gasteiger partial charge >= 0.3 is 5.97 Å². The van der Waals surface area contributed by atoms with Gasteiger partial charge in [-0.15, -0.1) is 0 Å². The average Bonchev–Trinajstić information content (AvgIpc) is 2.74. The smallest absolute Gasteiger partial charge is 0.340 e. The Labute approximate surface area is 103 Å². The predicted octanol–water partition coefficient (Wildman–Crippen LogP) is 2.28. The first-order valence-electron chi connectivity index (χ1n) is 5.27. The van der Waals surface area contributed by atoms with E-state index in [9.17, 15) is 4.79 Å². The molecule has 2 aromatic rings. The molecular formula is C11H12ClN3O2. The summed E-state index contributed by atoms with van der Waals surface area (Å²) in [5.41, 5.74) is 0.946. The van der Waals surface area contributed by atoms with E-state index in [0.29, 0.717) is 16.1 Å². The highest BCUT2D eigenvalue weighted by molar-refractivity contribution is 6.38. The molecule has 0 radical (unpaired) electrons. The lowest BCUT2D eigenvalue weighted by Gasteiger charge is -2.03. The molecule has 2 rings (SSSR count). The van der Waals surface area contributed by atoms with E-state index in [2.05, 4.69) is 21.7 Å². The molecule has 0 saturated carbocycles. The minimum atomic E-state index is -0.493. The number of carbonyl (C=O) groups is 1. The van der Waals surface area contributed by atoms with Gasteiger partial charge in [-0.1, -0.05) is 18.5 Å². The van der Waals surface area contributed by atoms with Crippen molar-refractivity contribution in [3.8, 4) is 0 Å². The van der Waals surface area contributed by atoms with Crippen LogP contribution in [0.4, 0.5) is 0 Å². The molecule has 0 N–H and O–H groups in total. The monoisotopic (exact) mass is 253 g/mol. The normalized spacial score (nSPS) is 10.8. The molecule has 17 heavy (non-hydrogen) atoms. The lowest BCUT2D eigenvalue weighted by atomic mass is 10.2. The van der Waals surface area contributed by atoms with Gasteiger partial charge in [0.15, 0.2) is 5.65 Å². The number of pyridine rings is 1. The summed E-state index contributed by atoms with van der Waals surface area (Å²) in [4.78, 5) is 15.6. The van der Waals surface area contributed by atoms with Crippen LogP contribution in [0.25, 0.3) is 11.0 Å². The molecule has 0 fully saturated rings. The first-order chi connectivity index (χ1) is 8.19. The fourth-order valence-electron chi connectivity index (χ4n) is 1.63. The Bertz CT molecular complexity index is 565. The summed E-state index contributed by atoms with van der Waals surface area (Å²) in [6.07, 6.45) is 3.99. The number of hydrogen-bond donors (Lipinski definition) is 0. The zero-order chi connectivity index (χ0) is 12.4. The molecule has 0 spiro atoms. The van der Waals surface area contributed by atoms with Gasteiger partial charge in [0.1, 0.15) is 0 Å². The van der Waals surface area contributed by atoms with Crippen molar-refractivity contribution in [1.82, 2.24) is 14.8 Å². The molecule has 0 unspecified atom stereocenters. The van der Waals surface area contributed by atoms with Gasteiger partial charge < -0.3 is 4.74 Å². The van der Waals surface area contributed by atoms with Crippen molar-refractivity contribution in [3.63, 3.8) is 0 Å². The molecule has 2 aromatic heterocycles. The van der Waals surface area contributed by atoms with Crippen LogP contribution in [-0.4, -0.2) is 27.8 Å². The fourth-order valence-corrected chi connectivity index (χ4v) is 1.88. The molecule has 6 heteroatoms. The van der Waals surface area contributed by atoms with E-state index in [1.807, 2.05) is 0 Å². The van der Waals surface area contributed by atoms with Crippen molar-refractivity contribution < 1.29 is 9.53 Å². The van der Waals surface area contributed by atoms with Gasteiger partial charge in [-0.25, -0.2) is 14.5 Å². The van der Waals surface area contributed by atoms with E-state index in [-0.39, 0.29) is 5.56 Å². The number of hydrogen-bond acceptors (Lipinski definition) is 4. The number of esters is 1. The molecule has 0 aliphatic carbocycles. The van der Waals surface area contributed by atoms with Gasteiger partial charge in [-0.2, -0.15) is 5.10 Å². The highest BCUT2D eigenvalue weighted by atomic mass is 35.5. The van der Waals surface area contributed by atoms with E-state index < -0.39 is 5.97 Å². The number of rotatable bonds is 3. The predicted molar refractivity (Wildman–Crippen MR) is 64.2 cm³/mol. The Morgan fingerprint density at radius 3 is 2.94 bits per heavy atom. The second-order valence-electron chi connectivity index (χ2n) is 3.58. The molecule has 0 aliphatic rings. The van der Waals surface area contributed by atoms with Crippen molar-refractivity contribution in [2.45, 2.75) is 19.9 Å². The van der Waals surface area contributed by atoms with E-state index in [0.717, 1.165) is 13.0 Å². The van der Waals surface area contributed by atoms with Crippen molar-refractivity contribution in [3.05, 3.63) is 23.0 Å². The number of fused-ring (bicyclic) bond motifs is 1. The SMILES string of the molecule is CCCn1ncc2c(Cl)c(C(=O)OC)cnc21. The van der Waals surface area contributed by atoms with Crippen LogP contribution < -0.4 is 0 Å². The van der Waals surface area contributed by atoms with E-state index >= 15 is 0 Å². The quantitative estimate of drug-likeness (QED) is 0.788. The molecule has 0 bridgehead atoms. The largest absolute Gasteiger partial charge is 0.465 e. The minimum Gasteiger partial charge on any atom is -0.465 e. The zero-order valence-electron chi connectivity index (χ0n) is 9.61. The highest BCUT2D eigenvalue weighted by Crippen LogP contribution is 2.25. The maximum atomic E-state index is 11.4. The number of halogens is 1.